The number of carbonyl (C=O) groups excluding carboxylic acids is 1. The summed E-state index contributed by atoms with van der Waals surface area (Å²) in [5.74, 6) is 1.80. The summed E-state index contributed by atoms with van der Waals surface area (Å²) < 4.78 is 16.1. The second kappa shape index (κ2) is 8.75. The summed E-state index contributed by atoms with van der Waals surface area (Å²) >= 11 is 5.69. The standard InChI is InChI=1S/C20H19ClFN7O2/c1-2-16(13-3-4-14(21)15(22)11-13)25-17(30)12-29-20(31)28-10-7-24-18(19(28)26-29)27-8-5-23-6-9-27/h1,3-4,7,10-11,16,23H,5-6,8-9,12H2,(H,25,30)/t16-/m0/s1. The quantitative estimate of drug-likeness (QED) is 0.560. The van der Waals surface area contributed by atoms with Crippen molar-refractivity contribution in [3.05, 3.63) is 57.5 Å². The lowest BCUT2D eigenvalue weighted by Crippen LogP contribution is -2.44. The molecular formula is C20H19ClFN7O2. The number of hydrogen-bond donors (Lipinski definition) is 2. The van der Waals surface area contributed by atoms with Crippen LogP contribution in [0.3, 0.4) is 0 Å². The minimum Gasteiger partial charge on any atom is -0.351 e. The van der Waals surface area contributed by atoms with E-state index >= 15 is 0 Å². The van der Waals surface area contributed by atoms with Gasteiger partial charge in [0.2, 0.25) is 11.6 Å². The number of aromatic nitrogens is 4. The van der Waals surface area contributed by atoms with Gasteiger partial charge in [0.25, 0.3) is 0 Å². The summed E-state index contributed by atoms with van der Waals surface area (Å²) in [7, 11) is 0. The topological polar surface area (TPSA) is 96.6 Å². The van der Waals surface area contributed by atoms with E-state index in [4.69, 9.17) is 18.0 Å². The highest BCUT2D eigenvalue weighted by atomic mass is 35.5. The van der Waals surface area contributed by atoms with Gasteiger partial charge in [-0.25, -0.2) is 23.3 Å². The first-order valence-electron chi connectivity index (χ1n) is 9.58. The Morgan fingerprint density at radius 1 is 1.39 bits per heavy atom. The van der Waals surface area contributed by atoms with Crippen LogP contribution in [0, 0.1) is 18.2 Å². The van der Waals surface area contributed by atoms with Crippen LogP contribution in [0.2, 0.25) is 5.02 Å². The van der Waals surface area contributed by atoms with Gasteiger partial charge in [-0.15, -0.1) is 11.5 Å². The van der Waals surface area contributed by atoms with Crippen LogP contribution in [-0.2, 0) is 11.3 Å². The van der Waals surface area contributed by atoms with E-state index in [1.165, 1.54) is 28.9 Å². The molecule has 11 heteroatoms. The minimum absolute atomic E-state index is 0.0454. The molecule has 3 aromatic rings. The smallest absolute Gasteiger partial charge is 0.350 e. The van der Waals surface area contributed by atoms with Crippen LogP contribution in [0.4, 0.5) is 10.2 Å². The van der Waals surface area contributed by atoms with Crippen LogP contribution in [0.25, 0.3) is 5.65 Å². The Morgan fingerprint density at radius 2 is 2.16 bits per heavy atom. The molecule has 0 spiro atoms. The zero-order valence-electron chi connectivity index (χ0n) is 16.4. The molecule has 0 aliphatic carbocycles. The van der Waals surface area contributed by atoms with Crippen molar-refractivity contribution in [2.75, 3.05) is 31.1 Å². The average Bonchev–Trinajstić information content (AvgIpc) is 3.10. The molecule has 2 N–H and O–H groups in total. The van der Waals surface area contributed by atoms with Gasteiger partial charge in [-0.05, 0) is 17.7 Å². The van der Waals surface area contributed by atoms with Gasteiger partial charge in [0.1, 0.15) is 18.4 Å². The Morgan fingerprint density at radius 3 is 2.87 bits per heavy atom. The number of rotatable bonds is 5. The Hall–Kier alpha value is -3.42. The summed E-state index contributed by atoms with van der Waals surface area (Å²) in [6.45, 7) is 2.71. The van der Waals surface area contributed by atoms with E-state index in [1.54, 1.807) is 0 Å². The second-order valence-electron chi connectivity index (χ2n) is 6.96. The van der Waals surface area contributed by atoms with Gasteiger partial charge in [0.05, 0.1) is 5.02 Å². The van der Waals surface area contributed by atoms with Gasteiger partial charge >= 0.3 is 5.69 Å². The van der Waals surface area contributed by atoms with E-state index in [9.17, 15) is 14.0 Å². The molecule has 0 radical (unpaired) electrons. The predicted molar refractivity (Wildman–Crippen MR) is 113 cm³/mol. The summed E-state index contributed by atoms with van der Waals surface area (Å²) in [4.78, 5) is 31.7. The molecule has 0 bridgehead atoms. The van der Waals surface area contributed by atoms with Gasteiger partial charge in [0.15, 0.2) is 5.82 Å². The van der Waals surface area contributed by atoms with E-state index in [-0.39, 0.29) is 11.6 Å². The van der Waals surface area contributed by atoms with Crippen molar-refractivity contribution in [3.63, 3.8) is 0 Å². The number of amides is 1. The molecule has 1 atom stereocenters. The van der Waals surface area contributed by atoms with Crippen LogP contribution in [0.5, 0.6) is 0 Å². The highest BCUT2D eigenvalue weighted by Gasteiger charge is 2.20. The van der Waals surface area contributed by atoms with Crippen LogP contribution in [0.1, 0.15) is 11.6 Å². The van der Waals surface area contributed by atoms with Crippen molar-refractivity contribution >= 4 is 29.0 Å². The monoisotopic (exact) mass is 443 g/mol. The minimum atomic E-state index is -0.884. The zero-order valence-corrected chi connectivity index (χ0v) is 17.1. The largest absolute Gasteiger partial charge is 0.351 e. The fraction of sp³-hybridized carbons (Fsp3) is 0.300. The highest BCUT2D eigenvalue weighted by Crippen LogP contribution is 2.20. The Balaban J connectivity index is 1.55. The first-order valence-corrected chi connectivity index (χ1v) is 9.96. The van der Waals surface area contributed by atoms with Crippen molar-refractivity contribution < 1.29 is 9.18 Å². The van der Waals surface area contributed by atoms with Crippen LogP contribution in [-0.4, -0.2) is 51.3 Å². The first kappa shape index (κ1) is 20.8. The van der Waals surface area contributed by atoms with E-state index in [0.29, 0.717) is 17.0 Å². The molecule has 1 amide bonds. The number of fused-ring (bicyclic) bond motifs is 1. The predicted octanol–water partition coefficient (Wildman–Crippen LogP) is 0.584. The number of nitrogens with zero attached hydrogens (tertiary/aromatic N) is 5. The SMILES string of the molecule is C#C[C@H](NC(=O)Cn1nc2c(N3CCNCC3)nccn2c1=O)c1ccc(Cl)c(F)c1. The normalized spacial score (nSPS) is 14.9. The molecule has 1 fully saturated rings. The van der Waals surface area contributed by atoms with Crippen LogP contribution >= 0.6 is 11.6 Å². The number of benzene rings is 1. The fourth-order valence-electron chi connectivity index (χ4n) is 3.39. The Bertz CT molecular complexity index is 1230. The van der Waals surface area contributed by atoms with Gasteiger partial charge in [-0.1, -0.05) is 23.6 Å². The van der Waals surface area contributed by atoms with Crippen molar-refractivity contribution in [1.29, 1.82) is 0 Å². The number of piperazine rings is 1. The van der Waals surface area contributed by atoms with Crippen molar-refractivity contribution in [2.45, 2.75) is 12.6 Å². The van der Waals surface area contributed by atoms with Crippen LogP contribution in [0.15, 0.2) is 35.4 Å². The van der Waals surface area contributed by atoms with Gasteiger partial charge in [-0.2, -0.15) is 0 Å². The van der Waals surface area contributed by atoms with E-state index < -0.39 is 23.5 Å². The molecule has 0 saturated carbocycles. The molecule has 1 saturated heterocycles. The lowest BCUT2D eigenvalue weighted by molar-refractivity contribution is -0.122. The maximum atomic E-state index is 13.7. The van der Waals surface area contributed by atoms with Crippen molar-refractivity contribution in [2.24, 2.45) is 0 Å². The lowest BCUT2D eigenvalue weighted by Gasteiger charge is -2.28. The number of halogens is 2. The first-order chi connectivity index (χ1) is 15.0. The molecule has 3 heterocycles. The van der Waals surface area contributed by atoms with E-state index in [2.05, 4.69) is 26.6 Å². The summed E-state index contributed by atoms with van der Waals surface area (Å²) in [5.41, 5.74) is 0.263. The number of terminal acetylenes is 1. The van der Waals surface area contributed by atoms with Gasteiger partial charge < -0.3 is 15.5 Å². The van der Waals surface area contributed by atoms with Gasteiger partial charge in [-0.3, -0.25) is 4.79 Å². The van der Waals surface area contributed by atoms with E-state index in [0.717, 1.165) is 36.9 Å². The molecule has 1 aliphatic heterocycles. The Labute approximate surface area is 181 Å². The molecule has 9 nitrogen and oxygen atoms in total. The van der Waals surface area contributed by atoms with E-state index in [1.807, 2.05) is 4.90 Å². The van der Waals surface area contributed by atoms with Gasteiger partial charge in [0, 0.05) is 38.6 Å². The van der Waals surface area contributed by atoms with Crippen molar-refractivity contribution in [3.8, 4) is 12.3 Å². The summed E-state index contributed by atoms with van der Waals surface area (Å²) in [6, 6.07) is 3.17. The second-order valence-corrected chi connectivity index (χ2v) is 7.37. The fourth-order valence-corrected chi connectivity index (χ4v) is 3.51. The summed E-state index contributed by atoms with van der Waals surface area (Å²) in [5, 5.41) is 10.1. The molecule has 160 valence electrons. The molecule has 1 aromatic carbocycles. The highest BCUT2D eigenvalue weighted by molar-refractivity contribution is 6.30. The molecule has 0 unspecified atom stereocenters. The third-order valence-corrected chi connectivity index (χ3v) is 5.25. The molecule has 31 heavy (non-hydrogen) atoms. The molecular weight excluding hydrogens is 425 g/mol. The third kappa shape index (κ3) is 4.23. The maximum absolute atomic E-state index is 13.7. The van der Waals surface area contributed by atoms with Crippen molar-refractivity contribution in [1.82, 2.24) is 29.8 Å². The molecule has 4 rings (SSSR count). The molecule has 1 aliphatic rings. The number of carbonyl (C=O) groups is 1. The number of nitrogens with one attached hydrogen (secondary N) is 2. The lowest BCUT2D eigenvalue weighted by atomic mass is 10.1. The number of anilines is 1. The van der Waals surface area contributed by atoms with Crippen LogP contribution < -0.4 is 21.2 Å². The third-order valence-electron chi connectivity index (χ3n) is 4.94. The average molecular weight is 444 g/mol. The Kier molecular flexibility index (Phi) is 5.88. The number of hydrogen-bond acceptors (Lipinski definition) is 6. The summed E-state index contributed by atoms with van der Waals surface area (Å²) in [6.07, 6.45) is 8.54. The maximum Gasteiger partial charge on any atom is 0.350 e. The molecule has 2 aromatic heterocycles. The zero-order chi connectivity index (χ0) is 22.0.